The van der Waals surface area contributed by atoms with Gasteiger partial charge in [-0.3, -0.25) is 0 Å². The maximum Gasteiger partial charge on any atom is 0.258 e. The summed E-state index contributed by atoms with van der Waals surface area (Å²) < 4.78 is 5.20. The van der Waals surface area contributed by atoms with Crippen LogP contribution in [-0.2, 0) is 6.54 Å². The van der Waals surface area contributed by atoms with Gasteiger partial charge in [0.05, 0.1) is 5.39 Å². The molecule has 2 heterocycles. The summed E-state index contributed by atoms with van der Waals surface area (Å²) >= 11 is 0. The number of hydrogen-bond acceptors (Lipinski definition) is 4. The number of fused-ring (bicyclic) bond motifs is 1. The van der Waals surface area contributed by atoms with Gasteiger partial charge in [0.25, 0.3) is 5.71 Å². The lowest BCUT2D eigenvalue weighted by Gasteiger charge is -1.97. The van der Waals surface area contributed by atoms with Crippen LogP contribution in [0.15, 0.2) is 47.1 Å². The number of pyridine rings is 1. The Morgan fingerprint density at radius 3 is 2.76 bits per heavy atom. The van der Waals surface area contributed by atoms with Gasteiger partial charge >= 0.3 is 0 Å². The van der Waals surface area contributed by atoms with Crippen molar-refractivity contribution in [2.24, 2.45) is 5.73 Å². The molecule has 0 fully saturated rings. The van der Waals surface area contributed by atoms with Crippen LogP contribution in [0.5, 0.6) is 0 Å². The highest BCUT2D eigenvalue weighted by Crippen LogP contribution is 2.26. The quantitative estimate of drug-likeness (QED) is 0.727. The molecule has 2 N–H and O–H groups in total. The van der Waals surface area contributed by atoms with E-state index in [1.165, 1.54) is 0 Å². The molecule has 4 heteroatoms. The Morgan fingerprint density at radius 2 is 2.00 bits per heavy atom. The third-order valence-corrected chi connectivity index (χ3v) is 2.67. The van der Waals surface area contributed by atoms with Gasteiger partial charge in [0.15, 0.2) is 0 Å². The highest BCUT2D eigenvalue weighted by molar-refractivity contribution is 5.89. The smallest absolute Gasteiger partial charge is 0.258 e. The Labute approximate surface area is 98.1 Å². The predicted octanol–water partition coefficient (Wildman–Crippen LogP) is 2.35. The zero-order valence-electron chi connectivity index (χ0n) is 9.13. The molecule has 0 aliphatic carbocycles. The van der Waals surface area contributed by atoms with Crippen molar-refractivity contribution in [2.75, 3.05) is 0 Å². The molecule has 0 unspecified atom stereocenters. The van der Waals surface area contributed by atoms with Crippen LogP contribution < -0.4 is 5.73 Å². The molecule has 4 nitrogen and oxygen atoms in total. The Balaban J connectivity index is 2.23. The second-order valence-electron chi connectivity index (χ2n) is 3.80. The molecule has 0 saturated heterocycles. The molecule has 0 aliphatic heterocycles. The standard InChI is InChI=1S/C13H11N3O/c14-7-9-6-11-12(10-4-2-1-3-5-10)16-17-13(11)15-8-9/h1-6,8H,7,14H2. The van der Waals surface area contributed by atoms with Gasteiger partial charge in [0.2, 0.25) is 0 Å². The third kappa shape index (κ3) is 1.68. The molecule has 1 aromatic carbocycles. The van der Waals surface area contributed by atoms with Gasteiger partial charge in [-0.1, -0.05) is 35.5 Å². The number of aromatic nitrogens is 2. The van der Waals surface area contributed by atoms with Crippen LogP contribution in [0.3, 0.4) is 0 Å². The van der Waals surface area contributed by atoms with Crippen LogP contribution in [0.4, 0.5) is 0 Å². The van der Waals surface area contributed by atoms with Crippen molar-refractivity contribution in [2.45, 2.75) is 6.54 Å². The molecule has 0 saturated carbocycles. The van der Waals surface area contributed by atoms with Gasteiger partial charge in [0, 0.05) is 18.3 Å². The normalized spacial score (nSPS) is 10.9. The molecule has 17 heavy (non-hydrogen) atoms. The van der Waals surface area contributed by atoms with Crippen LogP contribution >= 0.6 is 0 Å². The molecule has 0 atom stereocenters. The topological polar surface area (TPSA) is 64.9 Å². The first-order chi connectivity index (χ1) is 8.38. The Hall–Kier alpha value is -2.20. The zero-order valence-corrected chi connectivity index (χ0v) is 9.13. The van der Waals surface area contributed by atoms with Crippen LogP contribution in [0.25, 0.3) is 22.4 Å². The van der Waals surface area contributed by atoms with Gasteiger partial charge in [-0.05, 0) is 11.6 Å². The Bertz CT molecular complexity index is 646. The number of rotatable bonds is 2. The number of nitrogens with two attached hydrogens (primary N) is 1. The minimum atomic E-state index is 0.461. The van der Waals surface area contributed by atoms with Crippen molar-refractivity contribution in [3.05, 3.63) is 48.2 Å². The number of hydrogen-bond donors (Lipinski definition) is 1. The van der Waals surface area contributed by atoms with Crippen LogP contribution in [0.2, 0.25) is 0 Å². The highest BCUT2D eigenvalue weighted by atomic mass is 16.5. The molecule has 84 valence electrons. The van der Waals surface area contributed by atoms with Crippen LogP contribution in [0, 0.1) is 0 Å². The van der Waals surface area contributed by atoms with E-state index in [9.17, 15) is 0 Å². The fourth-order valence-corrected chi connectivity index (χ4v) is 1.79. The molecule has 0 spiro atoms. The van der Waals surface area contributed by atoms with Gasteiger partial charge in [0.1, 0.15) is 5.69 Å². The average Bonchev–Trinajstić information content (AvgIpc) is 2.82. The summed E-state index contributed by atoms with van der Waals surface area (Å²) in [5, 5.41) is 4.96. The first-order valence-electron chi connectivity index (χ1n) is 5.38. The van der Waals surface area contributed by atoms with E-state index in [-0.39, 0.29) is 0 Å². The molecule has 0 bridgehead atoms. The van der Waals surface area contributed by atoms with Crippen molar-refractivity contribution < 1.29 is 4.52 Å². The second kappa shape index (κ2) is 3.99. The van der Waals surface area contributed by atoms with E-state index in [2.05, 4.69) is 10.1 Å². The monoisotopic (exact) mass is 225 g/mol. The molecule has 3 rings (SSSR count). The van der Waals surface area contributed by atoms with Gasteiger partial charge < -0.3 is 10.3 Å². The fraction of sp³-hybridized carbons (Fsp3) is 0.0769. The van der Waals surface area contributed by atoms with Crippen LogP contribution in [-0.4, -0.2) is 10.1 Å². The number of nitrogens with zero attached hydrogens (tertiary/aromatic N) is 2. The summed E-state index contributed by atoms with van der Waals surface area (Å²) in [6.45, 7) is 0.461. The fourth-order valence-electron chi connectivity index (χ4n) is 1.79. The van der Waals surface area contributed by atoms with E-state index in [4.69, 9.17) is 10.3 Å². The van der Waals surface area contributed by atoms with Gasteiger partial charge in [-0.15, -0.1) is 0 Å². The summed E-state index contributed by atoms with van der Waals surface area (Å²) in [5.74, 6) is 0. The lowest BCUT2D eigenvalue weighted by Crippen LogP contribution is -1.96. The Morgan fingerprint density at radius 1 is 1.18 bits per heavy atom. The molecule has 3 aromatic rings. The second-order valence-corrected chi connectivity index (χ2v) is 3.80. The third-order valence-electron chi connectivity index (χ3n) is 2.67. The minimum Gasteiger partial charge on any atom is -0.335 e. The Kier molecular flexibility index (Phi) is 2.34. The van der Waals surface area contributed by atoms with Crippen molar-refractivity contribution in [1.82, 2.24) is 10.1 Å². The number of benzene rings is 1. The summed E-state index contributed by atoms with van der Waals surface area (Å²) in [6.07, 6.45) is 1.71. The summed E-state index contributed by atoms with van der Waals surface area (Å²) in [4.78, 5) is 4.19. The molecule has 2 aromatic heterocycles. The van der Waals surface area contributed by atoms with Crippen molar-refractivity contribution in [1.29, 1.82) is 0 Å². The lowest BCUT2D eigenvalue weighted by atomic mass is 10.1. The first-order valence-corrected chi connectivity index (χ1v) is 5.38. The summed E-state index contributed by atoms with van der Waals surface area (Å²) in [7, 11) is 0. The zero-order chi connectivity index (χ0) is 11.7. The van der Waals surface area contributed by atoms with Gasteiger partial charge in [-0.2, -0.15) is 0 Å². The van der Waals surface area contributed by atoms with Crippen LogP contribution in [0.1, 0.15) is 5.56 Å². The maximum atomic E-state index is 5.61. The van der Waals surface area contributed by atoms with Crippen molar-refractivity contribution in [3.8, 4) is 11.3 Å². The summed E-state index contributed by atoms with van der Waals surface area (Å²) in [5.41, 5.74) is 8.94. The van der Waals surface area contributed by atoms with Gasteiger partial charge in [-0.25, -0.2) is 4.98 Å². The largest absolute Gasteiger partial charge is 0.335 e. The van der Waals surface area contributed by atoms with E-state index in [1.807, 2.05) is 36.4 Å². The first kappa shape index (κ1) is 9.99. The molecule has 0 amide bonds. The van der Waals surface area contributed by atoms with Crippen molar-refractivity contribution >= 4 is 11.1 Å². The summed E-state index contributed by atoms with van der Waals surface area (Å²) in [6, 6.07) is 11.9. The van der Waals surface area contributed by atoms with E-state index < -0.39 is 0 Å². The minimum absolute atomic E-state index is 0.461. The average molecular weight is 225 g/mol. The highest BCUT2D eigenvalue weighted by Gasteiger charge is 2.11. The maximum absolute atomic E-state index is 5.61. The predicted molar refractivity (Wildman–Crippen MR) is 65.1 cm³/mol. The SMILES string of the molecule is NCc1cnc2onc(-c3ccccc3)c2c1. The van der Waals surface area contributed by atoms with E-state index >= 15 is 0 Å². The van der Waals surface area contributed by atoms with E-state index in [0.29, 0.717) is 12.3 Å². The van der Waals surface area contributed by atoms with E-state index in [1.54, 1.807) is 6.20 Å². The molecular formula is C13H11N3O. The molecule has 0 radical (unpaired) electrons. The lowest BCUT2D eigenvalue weighted by molar-refractivity contribution is 0.451. The molecular weight excluding hydrogens is 214 g/mol. The molecule has 0 aliphatic rings. The van der Waals surface area contributed by atoms with E-state index in [0.717, 1.165) is 22.2 Å². The van der Waals surface area contributed by atoms with Crippen molar-refractivity contribution in [3.63, 3.8) is 0 Å².